The second-order valence-electron chi connectivity index (χ2n) is 6.54. The molecule has 2 aliphatic heterocycles. The lowest BCUT2D eigenvalue weighted by Crippen LogP contribution is -2.37. The van der Waals surface area contributed by atoms with E-state index < -0.39 is 0 Å². The lowest BCUT2D eigenvalue weighted by molar-refractivity contribution is 0.186. The van der Waals surface area contributed by atoms with E-state index in [0.717, 1.165) is 17.8 Å². The molecule has 4 rings (SSSR count). The predicted octanol–water partition coefficient (Wildman–Crippen LogP) is 2.51. The van der Waals surface area contributed by atoms with Gasteiger partial charge in [-0.15, -0.1) is 0 Å². The SMILES string of the molecule is COc1ccc2c(c1)C(N1CCC3CCC(C1)N3)CC2. The van der Waals surface area contributed by atoms with Crippen LogP contribution in [0, 0.1) is 0 Å². The predicted molar refractivity (Wildman–Crippen MR) is 80.2 cm³/mol. The van der Waals surface area contributed by atoms with Crippen LogP contribution in [0.4, 0.5) is 0 Å². The minimum atomic E-state index is 0.612. The molecular formula is C17H24N2O. The Morgan fingerprint density at radius 1 is 1.15 bits per heavy atom. The molecule has 0 radical (unpaired) electrons. The first kappa shape index (κ1) is 12.7. The van der Waals surface area contributed by atoms with E-state index in [1.54, 1.807) is 7.11 Å². The smallest absolute Gasteiger partial charge is 0.119 e. The summed E-state index contributed by atoms with van der Waals surface area (Å²) in [6, 6.07) is 8.74. The minimum absolute atomic E-state index is 0.612. The van der Waals surface area contributed by atoms with Crippen LogP contribution in [0.1, 0.15) is 42.9 Å². The van der Waals surface area contributed by atoms with Crippen molar-refractivity contribution in [2.45, 2.75) is 50.2 Å². The molecule has 1 aliphatic carbocycles. The summed E-state index contributed by atoms with van der Waals surface area (Å²) >= 11 is 0. The van der Waals surface area contributed by atoms with Crippen LogP contribution in [0.25, 0.3) is 0 Å². The van der Waals surface area contributed by atoms with Crippen LogP contribution in [-0.2, 0) is 6.42 Å². The molecule has 20 heavy (non-hydrogen) atoms. The van der Waals surface area contributed by atoms with E-state index in [4.69, 9.17) is 4.74 Å². The van der Waals surface area contributed by atoms with Gasteiger partial charge in [0.05, 0.1) is 7.11 Å². The van der Waals surface area contributed by atoms with Crippen LogP contribution in [0.3, 0.4) is 0 Å². The summed E-state index contributed by atoms with van der Waals surface area (Å²) in [5.41, 5.74) is 3.04. The summed E-state index contributed by atoms with van der Waals surface area (Å²) in [4.78, 5) is 2.72. The van der Waals surface area contributed by atoms with Crippen molar-refractivity contribution >= 4 is 0 Å². The normalized spacial score (nSPS) is 33.0. The topological polar surface area (TPSA) is 24.5 Å². The van der Waals surface area contributed by atoms with Gasteiger partial charge in [-0.3, -0.25) is 4.90 Å². The average Bonchev–Trinajstić information content (AvgIpc) is 3.02. The van der Waals surface area contributed by atoms with Gasteiger partial charge in [-0.2, -0.15) is 0 Å². The third-order valence-electron chi connectivity index (χ3n) is 5.39. The van der Waals surface area contributed by atoms with E-state index >= 15 is 0 Å². The summed E-state index contributed by atoms with van der Waals surface area (Å²) in [5, 5.41) is 3.79. The first-order chi connectivity index (χ1) is 9.83. The van der Waals surface area contributed by atoms with Crippen LogP contribution in [0.15, 0.2) is 18.2 Å². The minimum Gasteiger partial charge on any atom is -0.497 e. The standard InChI is InChI=1S/C17H24N2O/c1-20-15-6-2-12-3-7-17(16(12)10-15)19-9-8-13-4-5-14(11-19)18-13/h2,6,10,13-14,17-18H,3-5,7-9,11H2,1H3. The van der Waals surface area contributed by atoms with Gasteiger partial charge in [-0.05, 0) is 55.4 Å². The van der Waals surface area contributed by atoms with E-state index in [1.807, 2.05) is 0 Å². The van der Waals surface area contributed by atoms with Gasteiger partial charge in [0.25, 0.3) is 0 Å². The maximum atomic E-state index is 5.42. The van der Waals surface area contributed by atoms with Crippen molar-refractivity contribution in [2.24, 2.45) is 0 Å². The molecule has 3 unspecified atom stereocenters. The van der Waals surface area contributed by atoms with Gasteiger partial charge in [0.15, 0.2) is 0 Å². The molecule has 3 nitrogen and oxygen atoms in total. The van der Waals surface area contributed by atoms with Crippen molar-refractivity contribution in [1.82, 2.24) is 10.2 Å². The van der Waals surface area contributed by atoms with Crippen molar-refractivity contribution in [3.05, 3.63) is 29.3 Å². The van der Waals surface area contributed by atoms with Crippen LogP contribution in [0.5, 0.6) is 5.75 Å². The number of hydrogen-bond acceptors (Lipinski definition) is 3. The number of fused-ring (bicyclic) bond motifs is 3. The lowest BCUT2D eigenvalue weighted by atomic mass is 10.0. The lowest BCUT2D eigenvalue weighted by Gasteiger charge is -2.31. The van der Waals surface area contributed by atoms with Gasteiger partial charge >= 0.3 is 0 Å². The Kier molecular flexibility index (Phi) is 3.20. The third-order valence-corrected chi connectivity index (χ3v) is 5.39. The fourth-order valence-corrected chi connectivity index (χ4v) is 4.32. The summed E-state index contributed by atoms with van der Waals surface area (Å²) in [5.74, 6) is 1.00. The first-order valence-corrected chi connectivity index (χ1v) is 8.00. The van der Waals surface area contributed by atoms with Crippen LogP contribution >= 0.6 is 0 Å². The zero-order valence-corrected chi connectivity index (χ0v) is 12.3. The van der Waals surface area contributed by atoms with Crippen molar-refractivity contribution in [2.75, 3.05) is 20.2 Å². The number of benzene rings is 1. The van der Waals surface area contributed by atoms with Crippen molar-refractivity contribution in [3.8, 4) is 5.75 Å². The zero-order chi connectivity index (χ0) is 13.5. The molecule has 1 aromatic carbocycles. The highest BCUT2D eigenvalue weighted by molar-refractivity contribution is 5.41. The number of rotatable bonds is 2. The van der Waals surface area contributed by atoms with Gasteiger partial charge in [0.1, 0.15) is 5.75 Å². The Bertz CT molecular complexity index is 502. The van der Waals surface area contributed by atoms with Crippen LogP contribution in [-0.4, -0.2) is 37.2 Å². The fourth-order valence-electron chi connectivity index (χ4n) is 4.32. The zero-order valence-electron chi connectivity index (χ0n) is 12.3. The number of aryl methyl sites for hydroxylation is 1. The van der Waals surface area contributed by atoms with E-state index in [2.05, 4.69) is 28.4 Å². The van der Waals surface area contributed by atoms with E-state index in [-0.39, 0.29) is 0 Å². The fraction of sp³-hybridized carbons (Fsp3) is 0.647. The van der Waals surface area contributed by atoms with Crippen molar-refractivity contribution < 1.29 is 4.74 Å². The first-order valence-electron chi connectivity index (χ1n) is 8.00. The molecule has 2 saturated heterocycles. The molecule has 2 fully saturated rings. The number of nitrogens with one attached hydrogen (secondary N) is 1. The Hall–Kier alpha value is -1.06. The number of nitrogens with zero attached hydrogens (tertiary/aromatic N) is 1. The molecular weight excluding hydrogens is 248 g/mol. The molecule has 3 aliphatic rings. The maximum Gasteiger partial charge on any atom is 0.119 e. The highest BCUT2D eigenvalue weighted by Gasteiger charge is 2.35. The van der Waals surface area contributed by atoms with E-state index in [1.165, 1.54) is 56.3 Å². The van der Waals surface area contributed by atoms with Crippen molar-refractivity contribution in [3.63, 3.8) is 0 Å². The molecule has 0 spiro atoms. The largest absolute Gasteiger partial charge is 0.497 e. The van der Waals surface area contributed by atoms with Gasteiger partial charge < -0.3 is 10.1 Å². The molecule has 2 bridgehead atoms. The summed E-state index contributed by atoms with van der Waals surface area (Å²) < 4.78 is 5.42. The summed E-state index contributed by atoms with van der Waals surface area (Å²) in [6.45, 7) is 2.47. The van der Waals surface area contributed by atoms with Crippen LogP contribution < -0.4 is 10.1 Å². The molecule has 108 valence electrons. The molecule has 0 amide bonds. The molecule has 2 heterocycles. The number of ether oxygens (including phenoxy) is 1. The Morgan fingerprint density at radius 3 is 2.95 bits per heavy atom. The summed E-state index contributed by atoms with van der Waals surface area (Å²) in [6.07, 6.45) is 6.56. The Labute approximate surface area is 121 Å². The molecule has 1 aromatic rings. The van der Waals surface area contributed by atoms with Gasteiger partial charge in [-0.25, -0.2) is 0 Å². The van der Waals surface area contributed by atoms with Gasteiger partial charge in [0, 0.05) is 31.2 Å². The highest BCUT2D eigenvalue weighted by Crippen LogP contribution is 2.39. The maximum absolute atomic E-state index is 5.42. The number of hydrogen-bond donors (Lipinski definition) is 1. The Morgan fingerprint density at radius 2 is 2.05 bits per heavy atom. The molecule has 3 heteroatoms. The van der Waals surface area contributed by atoms with E-state index in [9.17, 15) is 0 Å². The molecule has 3 atom stereocenters. The molecule has 1 N–H and O–H groups in total. The monoisotopic (exact) mass is 272 g/mol. The van der Waals surface area contributed by atoms with Crippen LogP contribution in [0.2, 0.25) is 0 Å². The van der Waals surface area contributed by atoms with Crippen molar-refractivity contribution in [1.29, 1.82) is 0 Å². The summed E-state index contributed by atoms with van der Waals surface area (Å²) in [7, 11) is 1.76. The Balaban J connectivity index is 1.58. The number of likely N-dealkylation sites (tertiary alicyclic amines) is 1. The average molecular weight is 272 g/mol. The second kappa shape index (κ2) is 5.05. The van der Waals surface area contributed by atoms with E-state index in [0.29, 0.717) is 6.04 Å². The molecule has 0 aromatic heterocycles. The van der Waals surface area contributed by atoms with Gasteiger partial charge in [0.2, 0.25) is 0 Å². The highest BCUT2D eigenvalue weighted by atomic mass is 16.5. The second-order valence-corrected chi connectivity index (χ2v) is 6.54. The van der Waals surface area contributed by atoms with Gasteiger partial charge in [-0.1, -0.05) is 6.07 Å². The number of methoxy groups -OCH3 is 1. The molecule has 0 saturated carbocycles. The quantitative estimate of drug-likeness (QED) is 0.895. The third kappa shape index (κ3) is 2.13.